The Balaban J connectivity index is 1.86. The summed E-state index contributed by atoms with van der Waals surface area (Å²) < 4.78 is 10.7. The van der Waals surface area contributed by atoms with Gasteiger partial charge in [-0.05, 0) is 38.6 Å². The molecule has 1 unspecified atom stereocenters. The van der Waals surface area contributed by atoms with Gasteiger partial charge in [-0.15, -0.1) is 0 Å². The van der Waals surface area contributed by atoms with Gasteiger partial charge in [0.25, 0.3) is 0 Å². The van der Waals surface area contributed by atoms with E-state index in [2.05, 4.69) is 60.4 Å². The molecule has 1 fully saturated rings. The first-order valence-corrected chi connectivity index (χ1v) is 9.94. The van der Waals surface area contributed by atoms with Crippen LogP contribution < -0.4 is 5.32 Å². The molecule has 1 N–H and O–H groups in total. The van der Waals surface area contributed by atoms with Gasteiger partial charge in [-0.25, -0.2) is 4.99 Å². The number of benzene rings is 1. The summed E-state index contributed by atoms with van der Waals surface area (Å²) in [4.78, 5) is 9.40. The van der Waals surface area contributed by atoms with Crippen molar-refractivity contribution in [3.63, 3.8) is 0 Å². The van der Waals surface area contributed by atoms with Crippen molar-refractivity contribution in [2.45, 2.75) is 26.4 Å². The molecule has 0 saturated carbocycles. The maximum Gasteiger partial charge on any atom is 0.194 e. The molecule has 0 aliphatic carbocycles. The average Bonchev–Trinajstić information content (AvgIpc) is 3.12. The van der Waals surface area contributed by atoms with Crippen molar-refractivity contribution >= 4 is 5.96 Å². The van der Waals surface area contributed by atoms with Crippen molar-refractivity contribution < 1.29 is 9.47 Å². The van der Waals surface area contributed by atoms with Crippen LogP contribution in [0.2, 0.25) is 0 Å². The number of nitrogens with zero attached hydrogens (tertiary/aromatic N) is 3. The van der Waals surface area contributed by atoms with E-state index in [-0.39, 0.29) is 0 Å². The highest BCUT2D eigenvalue weighted by molar-refractivity contribution is 5.80. The number of hydrogen-bond donors (Lipinski definition) is 1. The molecule has 0 amide bonds. The van der Waals surface area contributed by atoms with Gasteiger partial charge in [-0.2, -0.15) is 0 Å². The van der Waals surface area contributed by atoms with Crippen LogP contribution in [-0.4, -0.2) is 76.4 Å². The number of rotatable bonds is 10. The molecule has 6 nitrogen and oxygen atoms in total. The number of methoxy groups -OCH3 is 1. The number of nitrogens with one attached hydrogen (secondary N) is 1. The molecule has 27 heavy (non-hydrogen) atoms. The van der Waals surface area contributed by atoms with Crippen molar-refractivity contribution in [2.24, 2.45) is 10.9 Å². The third kappa shape index (κ3) is 7.87. The summed E-state index contributed by atoms with van der Waals surface area (Å²) in [5.41, 5.74) is 2.57. The van der Waals surface area contributed by atoms with Crippen LogP contribution >= 0.6 is 0 Å². The second-order valence-corrected chi connectivity index (χ2v) is 7.39. The monoisotopic (exact) mass is 376 g/mol. The van der Waals surface area contributed by atoms with Crippen molar-refractivity contribution in [1.82, 2.24) is 15.1 Å². The highest BCUT2D eigenvalue weighted by Crippen LogP contribution is 2.17. The lowest BCUT2D eigenvalue weighted by atomic mass is 10.1. The van der Waals surface area contributed by atoms with E-state index in [1.54, 1.807) is 7.11 Å². The Morgan fingerprint density at radius 2 is 1.96 bits per heavy atom. The smallest absolute Gasteiger partial charge is 0.194 e. The molecule has 6 heteroatoms. The minimum atomic E-state index is 0.566. The average molecular weight is 377 g/mol. The Kier molecular flexibility index (Phi) is 9.59. The highest BCUT2D eigenvalue weighted by atomic mass is 16.5. The van der Waals surface area contributed by atoms with Gasteiger partial charge >= 0.3 is 0 Å². The Morgan fingerprint density at radius 1 is 1.22 bits per heavy atom. The zero-order valence-electron chi connectivity index (χ0n) is 17.4. The van der Waals surface area contributed by atoms with Crippen LogP contribution in [0.4, 0.5) is 0 Å². The maximum absolute atomic E-state index is 5.70. The Hall–Kier alpha value is -1.63. The van der Waals surface area contributed by atoms with Crippen LogP contribution in [0.5, 0.6) is 0 Å². The minimum Gasteiger partial charge on any atom is -0.382 e. The lowest BCUT2D eigenvalue weighted by molar-refractivity contribution is 0.0536. The summed E-state index contributed by atoms with van der Waals surface area (Å²) in [6.45, 7) is 8.83. The van der Waals surface area contributed by atoms with Crippen LogP contribution in [0, 0.1) is 5.92 Å². The van der Waals surface area contributed by atoms with E-state index < -0.39 is 0 Å². The van der Waals surface area contributed by atoms with Gasteiger partial charge in [-0.3, -0.25) is 0 Å². The molecule has 1 aromatic rings. The first-order chi connectivity index (χ1) is 13.1. The summed E-state index contributed by atoms with van der Waals surface area (Å²) in [6.07, 6.45) is 1.15. The lowest BCUT2D eigenvalue weighted by Crippen LogP contribution is -2.40. The first-order valence-electron chi connectivity index (χ1n) is 9.94. The molecular formula is C21H36N4O2. The van der Waals surface area contributed by atoms with E-state index in [9.17, 15) is 0 Å². The Bertz CT molecular complexity index is 560. The molecule has 1 heterocycles. The molecule has 1 aliphatic rings. The molecule has 1 aliphatic heterocycles. The van der Waals surface area contributed by atoms with Crippen LogP contribution in [-0.2, 0) is 22.6 Å². The van der Waals surface area contributed by atoms with Gasteiger partial charge in [0.05, 0.1) is 26.4 Å². The van der Waals surface area contributed by atoms with E-state index >= 15 is 0 Å². The van der Waals surface area contributed by atoms with Crippen molar-refractivity contribution in [3.05, 3.63) is 35.4 Å². The molecule has 0 aromatic heterocycles. The largest absolute Gasteiger partial charge is 0.382 e. The van der Waals surface area contributed by atoms with Gasteiger partial charge in [0, 0.05) is 39.2 Å². The second-order valence-electron chi connectivity index (χ2n) is 7.39. The highest BCUT2D eigenvalue weighted by Gasteiger charge is 2.24. The van der Waals surface area contributed by atoms with Crippen LogP contribution in [0.1, 0.15) is 24.5 Å². The summed E-state index contributed by atoms with van der Waals surface area (Å²) in [5, 5.41) is 3.44. The Morgan fingerprint density at radius 3 is 2.63 bits per heavy atom. The molecule has 152 valence electrons. The topological polar surface area (TPSA) is 49.3 Å². The number of hydrogen-bond acceptors (Lipinski definition) is 4. The molecule has 1 atom stereocenters. The maximum atomic E-state index is 5.70. The predicted molar refractivity (Wildman–Crippen MR) is 111 cm³/mol. The lowest BCUT2D eigenvalue weighted by Gasteiger charge is -2.21. The van der Waals surface area contributed by atoms with Gasteiger partial charge in [0.1, 0.15) is 0 Å². The SMILES string of the molecule is CCNC(=NCc1ccc(CN(C)C)cc1)N1CCC(COCCOC)C1. The third-order valence-electron chi connectivity index (χ3n) is 4.64. The standard InChI is InChI=1S/C21H36N4O2/c1-5-22-21(25-11-10-20(16-25)17-27-13-12-26-4)23-14-18-6-8-19(9-7-18)15-24(2)3/h6-9,20H,5,10-17H2,1-4H3,(H,22,23). The molecule has 0 radical (unpaired) electrons. The zero-order valence-corrected chi connectivity index (χ0v) is 17.4. The van der Waals surface area contributed by atoms with E-state index in [1.807, 2.05) is 0 Å². The van der Waals surface area contributed by atoms with E-state index in [0.717, 1.165) is 45.2 Å². The van der Waals surface area contributed by atoms with Crippen LogP contribution in [0.3, 0.4) is 0 Å². The zero-order chi connectivity index (χ0) is 19.5. The molecular weight excluding hydrogens is 340 g/mol. The number of ether oxygens (including phenoxy) is 2. The fourth-order valence-corrected chi connectivity index (χ4v) is 3.26. The van der Waals surface area contributed by atoms with Crippen molar-refractivity contribution in [2.75, 3.05) is 60.7 Å². The number of aliphatic imine (C=N–C) groups is 1. The summed E-state index contributed by atoms with van der Waals surface area (Å²) in [7, 11) is 5.88. The van der Waals surface area contributed by atoms with Crippen molar-refractivity contribution in [1.29, 1.82) is 0 Å². The van der Waals surface area contributed by atoms with E-state index in [0.29, 0.717) is 25.7 Å². The van der Waals surface area contributed by atoms with Crippen LogP contribution in [0.25, 0.3) is 0 Å². The van der Waals surface area contributed by atoms with Gasteiger partial charge in [0.15, 0.2) is 5.96 Å². The summed E-state index contributed by atoms with van der Waals surface area (Å²) >= 11 is 0. The quantitative estimate of drug-likeness (QED) is 0.385. The molecule has 1 aromatic carbocycles. The minimum absolute atomic E-state index is 0.566. The van der Waals surface area contributed by atoms with E-state index in [4.69, 9.17) is 14.5 Å². The molecule has 2 rings (SSSR count). The van der Waals surface area contributed by atoms with Gasteiger partial charge < -0.3 is 24.6 Å². The number of likely N-dealkylation sites (tertiary alicyclic amines) is 1. The third-order valence-corrected chi connectivity index (χ3v) is 4.64. The van der Waals surface area contributed by atoms with Crippen molar-refractivity contribution in [3.8, 4) is 0 Å². The van der Waals surface area contributed by atoms with E-state index in [1.165, 1.54) is 11.1 Å². The predicted octanol–water partition coefficient (Wildman–Crippen LogP) is 2.20. The van der Waals surface area contributed by atoms with Crippen LogP contribution in [0.15, 0.2) is 29.3 Å². The normalized spacial score (nSPS) is 17.7. The molecule has 0 bridgehead atoms. The fraction of sp³-hybridized carbons (Fsp3) is 0.667. The summed E-state index contributed by atoms with van der Waals surface area (Å²) in [5.74, 6) is 1.57. The Labute approximate surface area is 164 Å². The second kappa shape index (κ2) is 12.0. The fourth-order valence-electron chi connectivity index (χ4n) is 3.26. The first kappa shape index (κ1) is 21.7. The summed E-state index contributed by atoms with van der Waals surface area (Å²) in [6, 6.07) is 8.76. The van der Waals surface area contributed by atoms with Gasteiger partial charge in [0.2, 0.25) is 0 Å². The number of guanidine groups is 1. The van der Waals surface area contributed by atoms with Gasteiger partial charge in [-0.1, -0.05) is 24.3 Å². The molecule has 0 spiro atoms. The molecule has 1 saturated heterocycles.